The van der Waals surface area contributed by atoms with Crippen LogP contribution in [0.3, 0.4) is 0 Å². The van der Waals surface area contributed by atoms with Crippen molar-refractivity contribution in [3.63, 3.8) is 0 Å². The molecule has 0 saturated carbocycles. The summed E-state index contributed by atoms with van der Waals surface area (Å²) >= 11 is 6.83. The maximum atomic E-state index is 4.69. The molecule has 0 saturated heterocycles. The molecule has 3 rings (SSSR count). The second kappa shape index (κ2) is 5.37. The molecule has 0 amide bonds. The van der Waals surface area contributed by atoms with Gasteiger partial charge in [0.15, 0.2) is 0 Å². The molecule has 0 spiro atoms. The molecule has 0 bridgehead atoms. The number of rotatable bonds is 3. The van der Waals surface area contributed by atoms with Crippen LogP contribution in [0.4, 0.5) is 5.13 Å². The molecule has 0 aliphatic carbocycles. The summed E-state index contributed by atoms with van der Waals surface area (Å²) in [6, 6.07) is 2.15. The first-order valence-corrected chi connectivity index (χ1v) is 9.12. The molecule has 112 valence electrons. The normalized spacial score (nSPS) is 12.2. The Hall–Kier alpha value is -0.920. The van der Waals surface area contributed by atoms with Crippen LogP contribution in [0.5, 0.6) is 0 Å². The van der Waals surface area contributed by atoms with Gasteiger partial charge in [0.25, 0.3) is 0 Å². The average molecular weight is 385 g/mol. The number of hydrogen-bond donors (Lipinski definition) is 0. The number of anilines is 1. The largest absolute Gasteiger partial charge is 0.345 e. The van der Waals surface area contributed by atoms with Crippen molar-refractivity contribution in [3.8, 4) is 0 Å². The van der Waals surface area contributed by atoms with Gasteiger partial charge < -0.3 is 4.90 Å². The molecule has 21 heavy (non-hydrogen) atoms. The predicted molar refractivity (Wildman–Crippen MR) is 93.7 cm³/mol. The van der Waals surface area contributed by atoms with Gasteiger partial charge in [0, 0.05) is 19.0 Å². The Morgan fingerprint density at radius 2 is 2.14 bits per heavy atom. The molecule has 4 nitrogen and oxygen atoms in total. The summed E-state index contributed by atoms with van der Waals surface area (Å²) in [5.41, 5.74) is 2.43. The summed E-state index contributed by atoms with van der Waals surface area (Å²) < 4.78 is 3.05. The number of imidazole rings is 1. The third kappa shape index (κ3) is 3.14. The summed E-state index contributed by atoms with van der Waals surface area (Å²) in [4.78, 5) is 7.79. The van der Waals surface area contributed by atoms with Crippen LogP contribution in [-0.4, -0.2) is 21.6 Å². The zero-order valence-corrected chi connectivity index (χ0v) is 15.6. The van der Waals surface area contributed by atoms with Gasteiger partial charge in [-0.05, 0) is 32.9 Å². The smallest absolute Gasteiger partial charge is 0.214 e. The Balaban J connectivity index is 1.82. The van der Waals surface area contributed by atoms with E-state index < -0.39 is 0 Å². The molecule has 0 fully saturated rings. The number of nitrogens with zero attached hydrogens (tertiary/aromatic N) is 4. The summed E-state index contributed by atoms with van der Waals surface area (Å²) in [6.07, 6.45) is 2.03. The van der Waals surface area contributed by atoms with E-state index in [0.717, 1.165) is 26.1 Å². The van der Waals surface area contributed by atoms with Gasteiger partial charge in [0.1, 0.15) is 0 Å². The van der Waals surface area contributed by atoms with Crippen LogP contribution in [0, 0.1) is 0 Å². The van der Waals surface area contributed by atoms with Gasteiger partial charge in [-0.3, -0.25) is 0 Å². The quantitative estimate of drug-likeness (QED) is 0.663. The van der Waals surface area contributed by atoms with Gasteiger partial charge >= 0.3 is 0 Å². The highest BCUT2D eigenvalue weighted by Crippen LogP contribution is 2.28. The third-order valence-electron chi connectivity index (χ3n) is 3.17. The van der Waals surface area contributed by atoms with E-state index in [4.69, 9.17) is 0 Å². The summed E-state index contributed by atoms with van der Waals surface area (Å²) in [6.45, 7) is 7.35. The van der Waals surface area contributed by atoms with Crippen molar-refractivity contribution in [2.45, 2.75) is 32.7 Å². The maximum Gasteiger partial charge on any atom is 0.214 e. The monoisotopic (exact) mass is 384 g/mol. The molecule has 0 atom stereocenters. The van der Waals surface area contributed by atoms with Crippen molar-refractivity contribution in [3.05, 3.63) is 32.7 Å². The molecule has 3 heterocycles. The van der Waals surface area contributed by atoms with Gasteiger partial charge in [-0.25, -0.2) is 9.50 Å². The van der Waals surface area contributed by atoms with E-state index in [0.29, 0.717) is 0 Å². The fourth-order valence-corrected chi connectivity index (χ4v) is 4.02. The van der Waals surface area contributed by atoms with Crippen molar-refractivity contribution in [1.82, 2.24) is 14.6 Å². The second-order valence-electron chi connectivity index (χ2n) is 6.10. The molecule has 0 aliphatic rings. The van der Waals surface area contributed by atoms with Crippen LogP contribution in [0.1, 0.15) is 32.0 Å². The van der Waals surface area contributed by atoms with Crippen molar-refractivity contribution < 1.29 is 0 Å². The maximum absolute atomic E-state index is 4.69. The lowest BCUT2D eigenvalue weighted by molar-refractivity contribution is 0.572. The van der Waals surface area contributed by atoms with Gasteiger partial charge in [-0.2, -0.15) is 0 Å². The third-order valence-corrected chi connectivity index (χ3v) is 5.76. The SMILES string of the molecule is CN(Cc1csc(Br)c1)c1nn2cc(C(C)(C)C)nc2s1. The Bertz CT molecular complexity index is 734. The molecular weight excluding hydrogens is 368 g/mol. The van der Waals surface area contributed by atoms with Crippen LogP contribution in [-0.2, 0) is 12.0 Å². The topological polar surface area (TPSA) is 33.4 Å². The van der Waals surface area contributed by atoms with Crippen LogP contribution in [0.25, 0.3) is 4.96 Å². The number of aromatic nitrogens is 3. The Morgan fingerprint density at radius 3 is 2.71 bits per heavy atom. The van der Waals surface area contributed by atoms with E-state index in [1.807, 2.05) is 10.7 Å². The second-order valence-corrected chi connectivity index (χ2v) is 9.33. The molecule has 3 aromatic rings. The Kier molecular flexibility index (Phi) is 3.83. The minimum Gasteiger partial charge on any atom is -0.345 e. The summed E-state index contributed by atoms with van der Waals surface area (Å²) in [7, 11) is 2.06. The zero-order valence-electron chi connectivity index (χ0n) is 12.4. The highest BCUT2D eigenvalue weighted by molar-refractivity contribution is 9.11. The van der Waals surface area contributed by atoms with Gasteiger partial charge in [0.2, 0.25) is 10.1 Å². The van der Waals surface area contributed by atoms with Gasteiger partial charge in [0.05, 0.1) is 15.7 Å². The minimum absolute atomic E-state index is 0.0580. The van der Waals surface area contributed by atoms with E-state index in [9.17, 15) is 0 Å². The standard InChI is InChI=1S/C14H17BrN4S2/c1-14(2,3)10-7-19-12(16-10)21-13(17-19)18(4)6-9-5-11(15)20-8-9/h5,7-8H,6H2,1-4H3. The molecule has 0 unspecified atom stereocenters. The van der Waals surface area contributed by atoms with E-state index in [1.165, 1.54) is 5.56 Å². The lowest BCUT2D eigenvalue weighted by Crippen LogP contribution is -2.16. The molecule has 0 radical (unpaired) electrons. The van der Waals surface area contributed by atoms with Crippen molar-refractivity contribution in [1.29, 1.82) is 0 Å². The molecule has 0 aromatic carbocycles. The molecule has 0 N–H and O–H groups in total. The Morgan fingerprint density at radius 1 is 1.38 bits per heavy atom. The zero-order chi connectivity index (χ0) is 15.2. The number of fused-ring (bicyclic) bond motifs is 1. The average Bonchev–Trinajstić information content (AvgIpc) is 3.01. The highest BCUT2D eigenvalue weighted by atomic mass is 79.9. The van der Waals surface area contributed by atoms with Crippen LogP contribution in [0.15, 0.2) is 21.4 Å². The van der Waals surface area contributed by atoms with Crippen molar-refractivity contribution >= 4 is 48.7 Å². The number of thiophene rings is 1. The van der Waals surface area contributed by atoms with E-state index in [2.05, 4.69) is 70.2 Å². The fraction of sp³-hybridized carbons (Fsp3) is 0.429. The number of halogens is 1. The fourth-order valence-electron chi connectivity index (χ4n) is 1.98. The van der Waals surface area contributed by atoms with Gasteiger partial charge in [-0.1, -0.05) is 32.1 Å². The molecule has 7 heteroatoms. The minimum atomic E-state index is 0.0580. The van der Waals surface area contributed by atoms with Crippen LogP contribution in [0.2, 0.25) is 0 Å². The predicted octanol–water partition coefficient (Wildman–Crippen LogP) is 4.55. The van der Waals surface area contributed by atoms with Crippen LogP contribution >= 0.6 is 38.6 Å². The molecule has 3 aromatic heterocycles. The Labute approximate surface area is 140 Å². The van der Waals surface area contributed by atoms with Crippen LogP contribution < -0.4 is 4.90 Å². The lowest BCUT2D eigenvalue weighted by atomic mass is 9.93. The number of hydrogen-bond acceptors (Lipinski definition) is 5. The highest BCUT2D eigenvalue weighted by Gasteiger charge is 2.20. The summed E-state index contributed by atoms with van der Waals surface area (Å²) in [5.74, 6) is 0. The first-order chi connectivity index (χ1) is 9.83. The first kappa shape index (κ1) is 15.0. The van der Waals surface area contributed by atoms with Crippen molar-refractivity contribution in [2.75, 3.05) is 11.9 Å². The van der Waals surface area contributed by atoms with Gasteiger partial charge in [-0.15, -0.1) is 16.4 Å². The molecule has 0 aliphatic heterocycles. The molecular formula is C14H17BrN4S2. The van der Waals surface area contributed by atoms with Crippen molar-refractivity contribution in [2.24, 2.45) is 0 Å². The lowest BCUT2D eigenvalue weighted by Gasteiger charge is -2.15. The first-order valence-electron chi connectivity index (χ1n) is 6.63. The van der Waals surface area contributed by atoms with E-state index in [1.54, 1.807) is 22.7 Å². The van der Waals surface area contributed by atoms with E-state index in [-0.39, 0.29) is 5.41 Å². The van der Waals surface area contributed by atoms with E-state index >= 15 is 0 Å². The summed E-state index contributed by atoms with van der Waals surface area (Å²) in [5, 5.41) is 7.79.